The van der Waals surface area contributed by atoms with Gasteiger partial charge >= 0.3 is 0 Å². The molecule has 5 unspecified atom stereocenters. The number of allylic oxidation sites excluding steroid dienone is 3. The Morgan fingerprint density at radius 2 is 2.00 bits per heavy atom. The Labute approximate surface area is 133 Å². The lowest BCUT2D eigenvalue weighted by molar-refractivity contribution is -0.110. The van der Waals surface area contributed by atoms with Gasteiger partial charge in [-0.3, -0.25) is 4.79 Å². The Bertz CT molecular complexity index is 611. The van der Waals surface area contributed by atoms with Crippen LogP contribution in [-0.2, 0) is 4.79 Å². The van der Waals surface area contributed by atoms with Crippen LogP contribution in [0.15, 0.2) is 35.5 Å². The van der Waals surface area contributed by atoms with Crippen molar-refractivity contribution in [3.8, 4) is 0 Å². The maximum absolute atomic E-state index is 11.7. The monoisotopic (exact) mass is 298 g/mol. The molecule has 1 N–H and O–H groups in total. The van der Waals surface area contributed by atoms with Gasteiger partial charge in [0.1, 0.15) is 5.60 Å². The summed E-state index contributed by atoms with van der Waals surface area (Å²) in [7, 11) is 0. The maximum Gasteiger partial charge on any atom is 0.178 e. The van der Waals surface area contributed by atoms with Crippen LogP contribution in [0, 0.1) is 23.2 Å². The zero-order valence-corrected chi connectivity index (χ0v) is 13.6. The van der Waals surface area contributed by atoms with Gasteiger partial charge in [-0.2, -0.15) is 0 Å². The number of hydrogen-bond donors (Lipinski definition) is 1. The van der Waals surface area contributed by atoms with E-state index in [0.717, 1.165) is 36.7 Å². The highest BCUT2D eigenvalue weighted by Crippen LogP contribution is 2.60. The van der Waals surface area contributed by atoms with E-state index in [1.165, 1.54) is 30.9 Å². The second kappa shape index (κ2) is 4.67. The van der Waals surface area contributed by atoms with Crippen molar-refractivity contribution in [2.75, 3.05) is 0 Å². The lowest BCUT2D eigenvalue weighted by Gasteiger charge is -2.45. The van der Waals surface area contributed by atoms with Crippen LogP contribution in [0.3, 0.4) is 0 Å². The molecule has 0 heterocycles. The minimum atomic E-state index is -0.918. The number of carbonyl (C=O) groups excluding carboxylic acids is 1. The van der Waals surface area contributed by atoms with Gasteiger partial charge in [-0.05, 0) is 85.5 Å². The van der Waals surface area contributed by atoms with E-state index in [9.17, 15) is 9.90 Å². The molecule has 22 heavy (non-hydrogen) atoms. The summed E-state index contributed by atoms with van der Waals surface area (Å²) in [5, 5.41) is 10.9. The summed E-state index contributed by atoms with van der Waals surface area (Å²) in [6.07, 6.45) is 13.9. The van der Waals surface area contributed by atoms with Gasteiger partial charge in [-0.25, -0.2) is 0 Å². The molecular formula is C20H26O2. The number of aliphatic hydroxyl groups is 1. The molecule has 5 atom stereocenters. The van der Waals surface area contributed by atoms with Crippen LogP contribution in [0.4, 0.5) is 0 Å². The summed E-state index contributed by atoms with van der Waals surface area (Å²) in [5.74, 6) is 2.17. The smallest absolute Gasteiger partial charge is 0.178 e. The Morgan fingerprint density at radius 1 is 1.18 bits per heavy atom. The summed E-state index contributed by atoms with van der Waals surface area (Å²) in [6, 6.07) is 0. The molecule has 0 aromatic heterocycles. The second-order valence-electron chi connectivity index (χ2n) is 8.21. The molecule has 2 fully saturated rings. The van der Waals surface area contributed by atoms with E-state index in [1.54, 1.807) is 12.2 Å². The molecule has 0 bridgehead atoms. The topological polar surface area (TPSA) is 37.3 Å². The summed E-state index contributed by atoms with van der Waals surface area (Å²) < 4.78 is 0. The first-order valence-corrected chi connectivity index (χ1v) is 8.81. The van der Waals surface area contributed by atoms with Crippen molar-refractivity contribution in [2.45, 2.75) is 58.0 Å². The van der Waals surface area contributed by atoms with Crippen LogP contribution < -0.4 is 0 Å². The highest BCUT2D eigenvalue weighted by atomic mass is 16.3. The molecule has 0 aliphatic heterocycles. The SMILES string of the molecule is CC1CCC2C3CCC4(O)C=CC(=O)C=C4C=C3CCC12C. The summed E-state index contributed by atoms with van der Waals surface area (Å²) in [4.78, 5) is 11.7. The van der Waals surface area contributed by atoms with Crippen LogP contribution in [-0.4, -0.2) is 16.5 Å². The lowest BCUT2D eigenvalue weighted by Crippen LogP contribution is -2.37. The third-order valence-corrected chi connectivity index (χ3v) is 7.30. The van der Waals surface area contributed by atoms with E-state index in [4.69, 9.17) is 0 Å². The minimum absolute atomic E-state index is 0.00473. The van der Waals surface area contributed by atoms with Crippen molar-refractivity contribution < 1.29 is 9.90 Å². The Kier molecular flexibility index (Phi) is 3.07. The first kappa shape index (κ1) is 14.4. The van der Waals surface area contributed by atoms with Gasteiger partial charge < -0.3 is 5.11 Å². The van der Waals surface area contributed by atoms with Gasteiger partial charge in [-0.15, -0.1) is 0 Å². The second-order valence-corrected chi connectivity index (χ2v) is 8.21. The molecule has 0 amide bonds. The van der Waals surface area contributed by atoms with E-state index >= 15 is 0 Å². The molecule has 0 spiro atoms. The highest BCUT2D eigenvalue weighted by Gasteiger charge is 2.51. The fourth-order valence-corrected chi connectivity index (χ4v) is 5.58. The third kappa shape index (κ3) is 1.93. The number of fused-ring (bicyclic) bond motifs is 4. The van der Waals surface area contributed by atoms with Crippen LogP contribution in [0.2, 0.25) is 0 Å². The lowest BCUT2D eigenvalue weighted by atomic mass is 9.59. The molecule has 4 aliphatic carbocycles. The van der Waals surface area contributed by atoms with Crippen molar-refractivity contribution in [3.63, 3.8) is 0 Å². The molecule has 2 saturated carbocycles. The predicted molar refractivity (Wildman–Crippen MR) is 87.2 cm³/mol. The van der Waals surface area contributed by atoms with Crippen LogP contribution >= 0.6 is 0 Å². The van der Waals surface area contributed by atoms with Crippen LogP contribution in [0.1, 0.15) is 52.4 Å². The number of carbonyl (C=O) groups is 1. The van der Waals surface area contributed by atoms with E-state index in [0.29, 0.717) is 11.3 Å². The van der Waals surface area contributed by atoms with Gasteiger partial charge in [0.15, 0.2) is 5.78 Å². The van der Waals surface area contributed by atoms with Crippen molar-refractivity contribution in [1.82, 2.24) is 0 Å². The Balaban J connectivity index is 1.73. The standard InChI is InChI=1S/C20H26O2/c1-13-3-4-18-17-7-10-20(22)9-6-16(21)12-15(20)11-14(17)5-8-19(13,18)2/h6,9,11-13,17-18,22H,3-5,7-8,10H2,1-2H3. The molecular weight excluding hydrogens is 272 g/mol. The average Bonchev–Trinajstić information content (AvgIpc) is 2.70. The van der Waals surface area contributed by atoms with E-state index < -0.39 is 5.60 Å². The minimum Gasteiger partial charge on any atom is -0.381 e. The third-order valence-electron chi connectivity index (χ3n) is 7.30. The first-order chi connectivity index (χ1) is 10.4. The summed E-state index contributed by atoms with van der Waals surface area (Å²) in [6.45, 7) is 4.91. The zero-order chi connectivity index (χ0) is 15.5. The number of rotatable bonds is 0. The highest BCUT2D eigenvalue weighted by molar-refractivity contribution is 6.01. The predicted octanol–water partition coefficient (Wildman–Crippen LogP) is 3.97. The van der Waals surface area contributed by atoms with Crippen molar-refractivity contribution in [2.24, 2.45) is 23.2 Å². The Hall–Kier alpha value is -1.15. The van der Waals surface area contributed by atoms with Gasteiger partial charge in [0.05, 0.1) is 0 Å². The fourth-order valence-electron chi connectivity index (χ4n) is 5.58. The number of hydrogen-bond acceptors (Lipinski definition) is 2. The molecule has 118 valence electrons. The average molecular weight is 298 g/mol. The largest absolute Gasteiger partial charge is 0.381 e. The molecule has 0 aromatic carbocycles. The molecule has 0 aromatic rings. The van der Waals surface area contributed by atoms with Crippen molar-refractivity contribution in [3.05, 3.63) is 35.5 Å². The molecule has 4 aliphatic rings. The van der Waals surface area contributed by atoms with Crippen molar-refractivity contribution in [1.29, 1.82) is 0 Å². The first-order valence-electron chi connectivity index (χ1n) is 8.81. The van der Waals surface area contributed by atoms with Crippen LogP contribution in [0.5, 0.6) is 0 Å². The van der Waals surface area contributed by atoms with Crippen molar-refractivity contribution >= 4 is 5.78 Å². The van der Waals surface area contributed by atoms with E-state index in [-0.39, 0.29) is 5.78 Å². The molecule has 0 saturated heterocycles. The molecule has 4 rings (SSSR count). The molecule has 0 radical (unpaired) electrons. The quantitative estimate of drug-likeness (QED) is 0.735. The van der Waals surface area contributed by atoms with Gasteiger partial charge in [0.2, 0.25) is 0 Å². The fraction of sp³-hybridized carbons (Fsp3) is 0.650. The number of ketones is 1. The Morgan fingerprint density at radius 3 is 2.82 bits per heavy atom. The van der Waals surface area contributed by atoms with Gasteiger partial charge in [0.25, 0.3) is 0 Å². The van der Waals surface area contributed by atoms with Gasteiger partial charge in [-0.1, -0.05) is 25.5 Å². The molecule has 2 nitrogen and oxygen atoms in total. The van der Waals surface area contributed by atoms with Crippen LogP contribution in [0.25, 0.3) is 0 Å². The van der Waals surface area contributed by atoms with Gasteiger partial charge in [0, 0.05) is 0 Å². The normalized spacial score (nSPS) is 47.0. The summed E-state index contributed by atoms with van der Waals surface area (Å²) in [5.41, 5.74) is 1.87. The van der Waals surface area contributed by atoms with E-state index in [2.05, 4.69) is 19.9 Å². The summed E-state index contributed by atoms with van der Waals surface area (Å²) >= 11 is 0. The van der Waals surface area contributed by atoms with E-state index in [1.807, 2.05) is 0 Å². The maximum atomic E-state index is 11.7. The zero-order valence-electron chi connectivity index (χ0n) is 13.6. The molecule has 2 heteroatoms.